The lowest BCUT2D eigenvalue weighted by Gasteiger charge is -2.28. The normalized spacial score (nSPS) is 21.0. The fourth-order valence-corrected chi connectivity index (χ4v) is 3.65. The summed E-state index contributed by atoms with van der Waals surface area (Å²) in [4.78, 5) is 22.9. The second-order valence-corrected chi connectivity index (χ2v) is 7.65. The molecule has 0 saturated carbocycles. The van der Waals surface area contributed by atoms with Crippen molar-refractivity contribution < 1.29 is 9.53 Å². The van der Waals surface area contributed by atoms with Gasteiger partial charge in [-0.05, 0) is 12.0 Å². The number of morpholine rings is 1. The maximum Gasteiger partial charge on any atom is 0.243 e. The summed E-state index contributed by atoms with van der Waals surface area (Å²) in [7, 11) is 3.54. The van der Waals surface area contributed by atoms with Crippen LogP contribution in [0.4, 0.5) is 0 Å². The standard InChI is InChI=1S/C21H33N5O2/c1-24(2)20(27)16-23-21(22-9-11-25-12-14-28-15-13-25)26-10-8-19(17-26)18-6-4-3-5-7-18/h3-7,19H,8-17H2,1-2H3,(H,22,23). The number of carbonyl (C=O) groups excluding carboxylic acids is 1. The Morgan fingerprint density at radius 3 is 2.68 bits per heavy atom. The van der Waals surface area contributed by atoms with E-state index >= 15 is 0 Å². The average molecular weight is 388 g/mol. The van der Waals surface area contributed by atoms with E-state index in [1.165, 1.54) is 5.56 Å². The van der Waals surface area contributed by atoms with Gasteiger partial charge in [0.05, 0.1) is 13.2 Å². The van der Waals surface area contributed by atoms with Crippen molar-refractivity contribution in [3.8, 4) is 0 Å². The Morgan fingerprint density at radius 1 is 1.21 bits per heavy atom. The van der Waals surface area contributed by atoms with Crippen LogP contribution < -0.4 is 5.32 Å². The van der Waals surface area contributed by atoms with Crippen molar-refractivity contribution in [1.82, 2.24) is 20.0 Å². The smallest absolute Gasteiger partial charge is 0.243 e. The van der Waals surface area contributed by atoms with Crippen LogP contribution in [-0.2, 0) is 9.53 Å². The minimum atomic E-state index is 0.0197. The largest absolute Gasteiger partial charge is 0.379 e. The average Bonchev–Trinajstić information content (AvgIpc) is 3.21. The summed E-state index contributed by atoms with van der Waals surface area (Å²) in [5.74, 6) is 1.38. The van der Waals surface area contributed by atoms with Crippen molar-refractivity contribution in [1.29, 1.82) is 0 Å². The first kappa shape index (κ1) is 20.6. The van der Waals surface area contributed by atoms with Crippen molar-refractivity contribution in [3.63, 3.8) is 0 Å². The molecule has 0 aliphatic carbocycles. The van der Waals surface area contributed by atoms with Gasteiger partial charge < -0.3 is 19.9 Å². The number of ether oxygens (including phenoxy) is 1. The Hall–Kier alpha value is -2.12. The molecule has 1 aromatic rings. The van der Waals surface area contributed by atoms with Crippen LogP contribution in [0, 0.1) is 0 Å². The van der Waals surface area contributed by atoms with Gasteiger partial charge in [-0.2, -0.15) is 0 Å². The summed E-state index contributed by atoms with van der Waals surface area (Å²) in [6.07, 6.45) is 1.11. The molecule has 2 fully saturated rings. The molecule has 1 aromatic carbocycles. The highest BCUT2D eigenvalue weighted by Gasteiger charge is 2.26. The molecule has 2 aliphatic heterocycles. The number of likely N-dealkylation sites (N-methyl/N-ethyl adjacent to an activating group) is 1. The van der Waals surface area contributed by atoms with E-state index in [1.54, 1.807) is 19.0 Å². The van der Waals surface area contributed by atoms with Gasteiger partial charge >= 0.3 is 0 Å². The van der Waals surface area contributed by atoms with Crippen LogP contribution in [0.2, 0.25) is 0 Å². The number of rotatable bonds is 6. The van der Waals surface area contributed by atoms with E-state index in [-0.39, 0.29) is 12.5 Å². The maximum atomic E-state index is 12.0. The number of hydrogen-bond donors (Lipinski definition) is 1. The molecule has 154 valence electrons. The van der Waals surface area contributed by atoms with Crippen molar-refractivity contribution in [2.45, 2.75) is 12.3 Å². The summed E-state index contributed by atoms with van der Waals surface area (Å²) in [5, 5.41) is 3.50. The number of carbonyl (C=O) groups is 1. The third-order valence-electron chi connectivity index (χ3n) is 5.44. The lowest BCUT2D eigenvalue weighted by Crippen LogP contribution is -2.45. The van der Waals surface area contributed by atoms with E-state index in [9.17, 15) is 4.79 Å². The van der Waals surface area contributed by atoms with Crippen LogP contribution in [0.1, 0.15) is 17.9 Å². The second kappa shape index (κ2) is 10.4. The minimum absolute atomic E-state index is 0.0197. The summed E-state index contributed by atoms with van der Waals surface area (Å²) in [5.41, 5.74) is 1.38. The molecule has 1 amide bonds. The molecular weight excluding hydrogens is 354 g/mol. The molecule has 2 heterocycles. The van der Waals surface area contributed by atoms with Gasteiger partial charge in [0.1, 0.15) is 6.54 Å². The first-order chi connectivity index (χ1) is 13.6. The molecule has 2 saturated heterocycles. The van der Waals surface area contributed by atoms with Gasteiger partial charge in [-0.25, -0.2) is 4.99 Å². The number of nitrogens with one attached hydrogen (secondary N) is 1. The van der Waals surface area contributed by atoms with E-state index in [2.05, 4.69) is 50.4 Å². The molecule has 2 aliphatic rings. The number of aliphatic imine (C=N–C) groups is 1. The Bertz CT molecular complexity index is 643. The molecule has 0 radical (unpaired) electrons. The zero-order chi connectivity index (χ0) is 19.8. The lowest BCUT2D eigenvalue weighted by molar-refractivity contribution is -0.127. The van der Waals surface area contributed by atoms with Gasteiger partial charge in [0.2, 0.25) is 5.91 Å². The maximum absolute atomic E-state index is 12.0. The molecule has 28 heavy (non-hydrogen) atoms. The second-order valence-electron chi connectivity index (χ2n) is 7.65. The van der Waals surface area contributed by atoms with Gasteiger partial charge in [0.15, 0.2) is 5.96 Å². The van der Waals surface area contributed by atoms with Gasteiger partial charge in [0.25, 0.3) is 0 Å². The van der Waals surface area contributed by atoms with Crippen LogP contribution in [0.3, 0.4) is 0 Å². The number of amides is 1. The third-order valence-corrected chi connectivity index (χ3v) is 5.44. The summed E-state index contributed by atoms with van der Waals surface area (Å²) in [6, 6.07) is 10.7. The van der Waals surface area contributed by atoms with E-state index in [1.807, 2.05) is 0 Å². The van der Waals surface area contributed by atoms with Crippen LogP contribution in [0.5, 0.6) is 0 Å². The highest BCUT2D eigenvalue weighted by atomic mass is 16.5. The molecule has 7 heteroatoms. The zero-order valence-corrected chi connectivity index (χ0v) is 17.1. The predicted octanol–water partition coefficient (Wildman–Crippen LogP) is 0.842. The third kappa shape index (κ3) is 5.94. The van der Waals surface area contributed by atoms with Crippen molar-refractivity contribution in [2.75, 3.05) is 73.1 Å². The molecule has 1 N–H and O–H groups in total. The van der Waals surface area contributed by atoms with Crippen LogP contribution in [0.25, 0.3) is 0 Å². The molecule has 7 nitrogen and oxygen atoms in total. The molecule has 1 unspecified atom stereocenters. The van der Waals surface area contributed by atoms with E-state index in [4.69, 9.17) is 4.74 Å². The van der Waals surface area contributed by atoms with Crippen LogP contribution in [0.15, 0.2) is 35.3 Å². The molecule has 0 spiro atoms. The Balaban J connectivity index is 1.58. The van der Waals surface area contributed by atoms with E-state index in [0.29, 0.717) is 5.92 Å². The predicted molar refractivity (Wildman–Crippen MR) is 112 cm³/mol. The van der Waals surface area contributed by atoms with Crippen LogP contribution >= 0.6 is 0 Å². The van der Waals surface area contributed by atoms with Gasteiger partial charge in [-0.15, -0.1) is 0 Å². The number of likely N-dealkylation sites (tertiary alicyclic amines) is 1. The zero-order valence-electron chi connectivity index (χ0n) is 17.1. The molecule has 0 aromatic heterocycles. The van der Waals surface area contributed by atoms with Gasteiger partial charge in [0, 0.05) is 59.3 Å². The molecule has 0 bridgehead atoms. The Morgan fingerprint density at radius 2 is 1.96 bits per heavy atom. The van der Waals surface area contributed by atoms with E-state index in [0.717, 1.165) is 64.9 Å². The molecular formula is C21H33N5O2. The first-order valence-corrected chi connectivity index (χ1v) is 10.2. The highest BCUT2D eigenvalue weighted by molar-refractivity contribution is 5.85. The lowest BCUT2D eigenvalue weighted by atomic mass is 9.99. The summed E-state index contributed by atoms with van der Waals surface area (Å²) >= 11 is 0. The van der Waals surface area contributed by atoms with Crippen molar-refractivity contribution >= 4 is 11.9 Å². The number of hydrogen-bond acceptors (Lipinski definition) is 4. The highest BCUT2D eigenvalue weighted by Crippen LogP contribution is 2.26. The number of guanidine groups is 1. The monoisotopic (exact) mass is 387 g/mol. The van der Waals surface area contributed by atoms with Crippen molar-refractivity contribution in [3.05, 3.63) is 35.9 Å². The quantitative estimate of drug-likeness (QED) is 0.579. The van der Waals surface area contributed by atoms with Gasteiger partial charge in [-0.3, -0.25) is 9.69 Å². The summed E-state index contributed by atoms with van der Waals surface area (Å²) in [6.45, 7) is 7.43. The molecule has 3 rings (SSSR count). The Labute approximate surface area is 168 Å². The SMILES string of the molecule is CN(C)C(=O)CN=C(NCCN1CCOCC1)N1CCC(c2ccccc2)C1. The minimum Gasteiger partial charge on any atom is -0.379 e. The molecule has 1 atom stereocenters. The number of nitrogens with zero attached hydrogens (tertiary/aromatic N) is 4. The van der Waals surface area contributed by atoms with Gasteiger partial charge in [-0.1, -0.05) is 30.3 Å². The van der Waals surface area contributed by atoms with Crippen LogP contribution in [-0.4, -0.2) is 99.7 Å². The topological polar surface area (TPSA) is 60.4 Å². The summed E-state index contributed by atoms with van der Waals surface area (Å²) < 4.78 is 5.41. The first-order valence-electron chi connectivity index (χ1n) is 10.2. The number of benzene rings is 1. The van der Waals surface area contributed by atoms with Crippen molar-refractivity contribution in [2.24, 2.45) is 4.99 Å². The fourth-order valence-electron chi connectivity index (χ4n) is 3.65. The van der Waals surface area contributed by atoms with E-state index < -0.39 is 0 Å². The Kier molecular flexibility index (Phi) is 7.68. The fraction of sp³-hybridized carbons (Fsp3) is 0.619.